The van der Waals surface area contributed by atoms with E-state index in [4.69, 9.17) is 0 Å². The molecule has 0 unspecified atom stereocenters. The Morgan fingerprint density at radius 3 is 2.48 bits per heavy atom. The molecule has 0 spiro atoms. The molecule has 7 heteroatoms. The lowest BCUT2D eigenvalue weighted by Gasteiger charge is -2.08. The smallest absolute Gasteiger partial charge is 0.321 e. The summed E-state index contributed by atoms with van der Waals surface area (Å²) in [6, 6.07) is 7.13. The molecule has 3 nitrogen and oxygen atoms in total. The fourth-order valence-electron chi connectivity index (χ4n) is 1.71. The maximum Gasteiger partial charge on any atom is 0.433 e. The lowest BCUT2D eigenvalue weighted by molar-refractivity contribution is -0.141. The van der Waals surface area contributed by atoms with Crippen LogP contribution in [0.15, 0.2) is 41.0 Å². The molecule has 110 valence electrons. The van der Waals surface area contributed by atoms with Gasteiger partial charge in [0.2, 0.25) is 0 Å². The minimum Gasteiger partial charge on any atom is -0.321 e. The summed E-state index contributed by atoms with van der Waals surface area (Å²) in [5.41, 5.74) is 0.492. The van der Waals surface area contributed by atoms with Crippen LogP contribution in [0, 0.1) is 6.92 Å². The Labute approximate surface area is 127 Å². The van der Waals surface area contributed by atoms with Crippen molar-refractivity contribution in [2.75, 3.05) is 5.32 Å². The van der Waals surface area contributed by atoms with Crippen LogP contribution >= 0.6 is 15.9 Å². The topological polar surface area (TPSA) is 42.0 Å². The van der Waals surface area contributed by atoms with Crippen LogP contribution in [0.4, 0.5) is 18.9 Å². The van der Waals surface area contributed by atoms with Crippen LogP contribution in [0.2, 0.25) is 0 Å². The molecule has 1 aromatic heterocycles. The second-order valence-corrected chi connectivity index (χ2v) is 5.32. The second-order valence-electron chi connectivity index (χ2n) is 4.40. The first-order valence-corrected chi connectivity index (χ1v) is 6.67. The largest absolute Gasteiger partial charge is 0.433 e. The first-order chi connectivity index (χ1) is 9.75. The Bertz CT molecular complexity index is 649. The number of anilines is 1. The van der Waals surface area contributed by atoms with Crippen LogP contribution in [0.5, 0.6) is 0 Å². The van der Waals surface area contributed by atoms with Gasteiger partial charge in [0.1, 0.15) is 5.69 Å². The summed E-state index contributed by atoms with van der Waals surface area (Å²) in [7, 11) is 0. The van der Waals surface area contributed by atoms with E-state index in [-0.39, 0.29) is 5.69 Å². The Morgan fingerprint density at radius 2 is 1.95 bits per heavy atom. The average Bonchev–Trinajstić information content (AvgIpc) is 2.37. The van der Waals surface area contributed by atoms with Crippen molar-refractivity contribution in [3.63, 3.8) is 0 Å². The first kappa shape index (κ1) is 15.5. The molecule has 0 fully saturated rings. The quantitative estimate of drug-likeness (QED) is 0.862. The molecule has 0 aliphatic carbocycles. The van der Waals surface area contributed by atoms with Crippen LogP contribution in [-0.2, 0) is 6.18 Å². The minimum absolute atomic E-state index is 0.200. The summed E-state index contributed by atoms with van der Waals surface area (Å²) in [6.07, 6.45) is -3.52. The molecular formula is C14H10BrF3N2O. The van der Waals surface area contributed by atoms with Crippen molar-refractivity contribution >= 4 is 27.5 Å². The zero-order chi connectivity index (χ0) is 15.6. The number of hydrogen-bond acceptors (Lipinski definition) is 2. The lowest BCUT2D eigenvalue weighted by Crippen LogP contribution is -2.13. The fraction of sp³-hybridized carbons (Fsp3) is 0.143. The Morgan fingerprint density at radius 1 is 1.24 bits per heavy atom. The van der Waals surface area contributed by atoms with Crippen molar-refractivity contribution in [2.45, 2.75) is 13.1 Å². The van der Waals surface area contributed by atoms with Gasteiger partial charge >= 0.3 is 6.18 Å². The minimum atomic E-state index is -4.50. The molecule has 0 aliphatic rings. The van der Waals surface area contributed by atoms with Gasteiger partial charge < -0.3 is 5.32 Å². The number of nitrogens with one attached hydrogen (secondary N) is 1. The monoisotopic (exact) mass is 358 g/mol. The number of hydrogen-bond donors (Lipinski definition) is 1. The van der Waals surface area contributed by atoms with Gasteiger partial charge in [-0.15, -0.1) is 0 Å². The molecular weight excluding hydrogens is 349 g/mol. The van der Waals surface area contributed by atoms with Gasteiger partial charge in [0.05, 0.1) is 11.9 Å². The molecule has 1 N–H and O–H groups in total. The zero-order valence-electron chi connectivity index (χ0n) is 10.8. The number of aromatic nitrogens is 1. The highest BCUT2D eigenvalue weighted by Crippen LogP contribution is 2.27. The molecule has 1 heterocycles. The highest BCUT2D eigenvalue weighted by molar-refractivity contribution is 9.10. The van der Waals surface area contributed by atoms with Crippen molar-refractivity contribution in [1.29, 1.82) is 0 Å². The molecule has 0 atom stereocenters. The number of amides is 1. The average molecular weight is 359 g/mol. The summed E-state index contributed by atoms with van der Waals surface area (Å²) >= 11 is 3.28. The highest BCUT2D eigenvalue weighted by atomic mass is 79.9. The van der Waals surface area contributed by atoms with Gasteiger partial charge in [0.25, 0.3) is 5.91 Å². The number of aryl methyl sites for hydroxylation is 1. The van der Waals surface area contributed by atoms with Gasteiger partial charge in [0, 0.05) is 10.0 Å². The van der Waals surface area contributed by atoms with E-state index in [1.807, 2.05) is 13.0 Å². The zero-order valence-corrected chi connectivity index (χ0v) is 12.4. The Kier molecular flexibility index (Phi) is 4.32. The number of carbonyl (C=O) groups excluding carboxylic acids is 1. The molecule has 1 aromatic carbocycles. The second kappa shape index (κ2) is 5.85. The van der Waals surface area contributed by atoms with Crippen LogP contribution in [0.1, 0.15) is 21.6 Å². The van der Waals surface area contributed by atoms with Gasteiger partial charge in [0.15, 0.2) is 0 Å². The number of benzene rings is 1. The predicted octanol–water partition coefficient (Wildman–Crippen LogP) is 4.42. The molecule has 1 amide bonds. The molecule has 0 bridgehead atoms. The highest BCUT2D eigenvalue weighted by Gasteiger charge is 2.32. The molecule has 0 saturated heterocycles. The van der Waals surface area contributed by atoms with Gasteiger partial charge in [-0.2, -0.15) is 13.2 Å². The van der Waals surface area contributed by atoms with E-state index in [0.717, 1.165) is 22.3 Å². The molecule has 2 rings (SSSR count). The van der Waals surface area contributed by atoms with Crippen LogP contribution in [0.25, 0.3) is 0 Å². The normalized spacial score (nSPS) is 11.3. The SMILES string of the molecule is Cc1cc(Br)cc(C(=O)Nc2ccc(C(F)(F)F)nc2)c1. The predicted molar refractivity (Wildman–Crippen MR) is 76.1 cm³/mol. The van der Waals surface area contributed by atoms with Crippen molar-refractivity contribution in [1.82, 2.24) is 4.98 Å². The molecule has 21 heavy (non-hydrogen) atoms. The van der Waals surface area contributed by atoms with E-state index < -0.39 is 17.8 Å². The number of rotatable bonds is 2. The third-order valence-corrected chi connectivity index (χ3v) is 3.07. The van der Waals surface area contributed by atoms with E-state index in [0.29, 0.717) is 5.56 Å². The van der Waals surface area contributed by atoms with Crippen molar-refractivity contribution in [3.8, 4) is 0 Å². The van der Waals surface area contributed by atoms with E-state index in [1.165, 1.54) is 6.07 Å². The maximum atomic E-state index is 12.4. The molecule has 0 saturated carbocycles. The molecule has 0 aliphatic heterocycles. The third-order valence-electron chi connectivity index (χ3n) is 2.62. The summed E-state index contributed by atoms with van der Waals surface area (Å²) in [6.45, 7) is 1.83. The van der Waals surface area contributed by atoms with Crippen LogP contribution in [0.3, 0.4) is 0 Å². The Balaban J connectivity index is 2.16. The number of nitrogens with zero attached hydrogens (tertiary/aromatic N) is 1. The fourth-order valence-corrected chi connectivity index (χ4v) is 2.31. The van der Waals surface area contributed by atoms with E-state index in [1.54, 1.807) is 12.1 Å². The van der Waals surface area contributed by atoms with Gasteiger partial charge in [-0.05, 0) is 42.8 Å². The molecule has 0 radical (unpaired) electrons. The van der Waals surface area contributed by atoms with E-state index in [2.05, 4.69) is 26.2 Å². The first-order valence-electron chi connectivity index (χ1n) is 5.87. The standard InChI is InChI=1S/C14H10BrF3N2O/c1-8-4-9(6-10(15)5-8)13(21)20-11-2-3-12(19-7-11)14(16,17)18/h2-7H,1H3,(H,20,21). The third kappa shape index (κ3) is 4.04. The van der Waals surface area contributed by atoms with Crippen LogP contribution < -0.4 is 5.32 Å². The summed E-state index contributed by atoms with van der Waals surface area (Å²) in [5.74, 6) is -0.416. The van der Waals surface area contributed by atoms with Gasteiger partial charge in [-0.3, -0.25) is 4.79 Å². The number of halogens is 4. The van der Waals surface area contributed by atoms with Crippen LogP contribution in [-0.4, -0.2) is 10.9 Å². The number of alkyl halides is 3. The number of pyridine rings is 1. The molecule has 2 aromatic rings. The van der Waals surface area contributed by atoms with Crippen molar-refractivity contribution in [3.05, 3.63) is 57.8 Å². The summed E-state index contributed by atoms with van der Waals surface area (Å²) in [5, 5.41) is 2.50. The van der Waals surface area contributed by atoms with Gasteiger partial charge in [-0.25, -0.2) is 4.98 Å². The van der Waals surface area contributed by atoms with Crippen molar-refractivity contribution in [2.24, 2.45) is 0 Å². The van der Waals surface area contributed by atoms with E-state index >= 15 is 0 Å². The lowest BCUT2D eigenvalue weighted by atomic mass is 10.1. The summed E-state index contributed by atoms with van der Waals surface area (Å²) < 4.78 is 37.9. The summed E-state index contributed by atoms with van der Waals surface area (Å²) in [4.78, 5) is 15.3. The Hall–Kier alpha value is -1.89. The number of carbonyl (C=O) groups is 1. The maximum absolute atomic E-state index is 12.4. The van der Waals surface area contributed by atoms with E-state index in [9.17, 15) is 18.0 Å². The van der Waals surface area contributed by atoms with Gasteiger partial charge in [-0.1, -0.05) is 15.9 Å². The van der Waals surface area contributed by atoms with Crippen molar-refractivity contribution < 1.29 is 18.0 Å².